The lowest BCUT2D eigenvalue weighted by atomic mass is 10.2. The minimum absolute atomic E-state index is 0.0141. The molecular formula is C12H12BrFN4O2S. The molecule has 0 aliphatic rings. The van der Waals surface area contributed by atoms with Crippen molar-refractivity contribution in [2.24, 2.45) is 5.84 Å². The summed E-state index contributed by atoms with van der Waals surface area (Å²) in [4.78, 5) is 3.72. The molecule has 0 saturated heterocycles. The van der Waals surface area contributed by atoms with Crippen molar-refractivity contribution in [1.29, 1.82) is 0 Å². The number of nitrogens with zero attached hydrogens (tertiary/aromatic N) is 1. The molecule has 0 aliphatic carbocycles. The van der Waals surface area contributed by atoms with Crippen molar-refractivity contribution >= 4 is 37.5 Å². The molecule has 1 aromatic heterocycles. The van der Waals surface area contributed by atoms with Crippen LogP contribution in [0, 0.1) is 12.7 Å². The molecule has 6 nitrogen and oxygen atoms in total. The highest BCUT2D eigenvalue weighted by Gasteiger charge is 2.21. The maximum Gasteiger partial charge on any atom is 0.265 e. The van der Waals surface area contributed by atoms with Gasteiger partial charge in [-0.3, -0.25) is 4.72 Å². The van der Waals surface area contributed by atoms with Crippen LogP contribution in [0.25, 0.3) is 0 Å². The topological polar surface area (TPSA) is 97.1 Å². The van der Waals surface area contributed by atoms with Crippen molar-refractivity contribution in [2.45, 2.75) is 11.8 Å². The summed E-state index contributed by atoms with van der Waals surface area (Å²) >= 11 is 3.15. The van der Waals surface area contributed by atoms with E-state index >= 15 is 0 Å². The Kier molecular flexibility index (Phi) is 4.45. The van der Waals surface area contributed by atoms with E-state index in [1.165, 1.54) is 37.4 Å². The van der Waals surface area contributed by atoms with E-state index in [0.29, 0.717) is 4.47 Å². The number of nitrogens with one attached hydrogen (secondary N) is 2. The first kappa shape index (κ1) is 15.7. The van der Waals surface area contributed by atoms with Gasteiger partial charge < -0.3 is 5.43 Å². The van der Waals surface area contributed by atoms with Crippen LogP contribution in [0.1, 0.15) is 5.56 Å². The molecule has 0 bridgehead atoms. The molecular weight excluding hydrogens is 363 g/mol. The molecule has 2 aromatic rings. The number of hydrogen-bond acceptors (Lipinski definition) is 5. The number of anilines is 2. The lowest BCUT2D eigenvalue weighted by Crippen LogP contribution is -2.19. The van der Waals surface area contributed by atoms with Crippen LogP contribution in [0.4, 0.5) is 15.9 Å². The van der Waals surface area contributed by atoms with Gasteiger partial charge in [0, 0.05) is 16.2 Å². The van der Waals surface area contributed by atoms with Crippen molar-refractivity contribution in [3.63, 3.8) is 0 Å². The zero-order chi connectivity index (χ0) is 15.6. The van der Waals surface area contributed by atoms with E-state index in [4.69, 9.17) is 5.84 Å². The average Bonchev–Trinajstić information content (AvgIpc) is 2.44. The number of nitrogens with two attached hydrogens (primary N) is 1. The number of pyridine rings is 1. The third kappa shape index (κ3) is 3.31. The molecule has 2 rings (SSSR count). The number of nitrogen functional groups attached to an aromatic ring is 1. The Hall–Kier alpha value is -1.71. The standard InChI is InChI=1S/C12H12BrFN4O2S/c1-7-9(14)3-2-4-10(7)18-21(19,20)11-5-8(13)6-16-12(11)17-15/h2-6,18H,15H2,1H3,(H,16,17). The molecule has 0 amide bonds. The summed E-state index contributed by atoms with van der Waals surface area (Å²) in [7, 11) is -3.97. The first-order chi connectivity index (χ1) is 9.85. The van der Waals surface area contributed by atoms with Crippen molar-refractivity contribution < 1.29 is 12.8 Å². The van der Waals surface area contributed by atoms with Crippen molar-refractivity contribution in [3.8, 4) is 0 Å². The molecule has 1 heterocycles. The summed E-state index contributed by atoms with van der Waals surface area (Å²) in [5.74, 6) is 4.75. The molecule has 0 saturated carbocycles. The largest absolute Gasteiger partial charge is 0.307 e. The van der Waals surface area contributed by atoms with Gasteiger partial charge in [0.2, 0.25) is 0 Å². The van der Waals surface area contributed by atoms with Crippen LogP contribution in [-0.2, 0) is 10.0 Å². The lowest BCUT2D eigenvalue weighted by molar-refractivity contribution is 0.600. The second-order valence-electron chi connectivity index (χ2n) is 4.16. The first-order valence-electron chi connectivity index (χ1n) is 5.75. The molecule has 4 N–H and O–H groups in total. The van der Waals surface area contributed by atoms with Gasteiger partial charge in [0.15, 0.2) is 5.82 Å². The molecule has 0 spiro atoms. The van der Waals surface area contributed by atoms with Crippen molar-refractivity contribution in [3.05, 3.63) is 46.3 Å². The molecule has 21 heavy (non-hydrogen) atoms. The van der Waals surface area contributed by atoms with E-state index in [0.717, 1.165) is 0 Å². The summed E-state index contributed by atoms with van der Waals surface area (Å²) in [6, 6.07) is 5.48. The Morgan fingerprint density at radius 1 is 1.38 bits per heavy atom. The minimum Gasteiger partial charge on any atom is -0.307 e. The van der Waals surface area contributed by atoms with Crippen molar-refractivity contribution in [1.82, 2.24) is 4.98 Å². The molecule has 1 aromatic carbocycles. The normalized spacial score (nSPS) is 11.2. The van der Waals surface area contributed by atoms with Gasteiger partial charge in [-0.1, -0.05) is 6.07 Å². The maximum absolute atomic E-state index is 13.5. The van der Waals surface area contributed by atoms with Crippen LogP contribution in [0.2, 0.25) is 0 Å². The second kappa shape index (κ2) is 5.96. The fraction of sp³-hybridized carbons (Fsp3) is 0.0833. The highest BCUT2D eigenvalue weighted by molar-refractivity contribution is 9.10. The number of hydrogen-bond donors (Lipinski definition) is 3. The minimum atomic E-state index is -3.97. The summed E-state index contributed by atoms with van der Waals surface area (Å²) < 4.78 is 41.1. The zero-order valence-electron chi connectivity index (χ0n) is 10.9. The van der Waals surface area contributed by atoms with Gasteiger partial charge in [-0.2, -0.15) is 0 Å². The highest BCUT2D eigenvalue weighted by Crippen LogP contribution is 2.26. The predicted octanol–water partition coefficient (Wildman–Crippen LogP) is 2.38. The fourth-order valence-electron chi connectivity index (χ4n) is 1.65. The van der Waals surface area contributed by atoms with Gasteiger partial charge in [0.05, 0.1) is 5.69 Å². The Labute approximate surface area is 129 Å². The highest BCUT2D eigenvalue weighted by atomic mass is 79.9. The summed E-state index contributed by atoms with van der Waals surface area (Å²) in [5, 5.41) is 0. The Balaban J connectivity index is 2.48. The quantitative estimate of drug-likeness (QED) is 0.563. The van der Waals surface area contributed by atoms with Crippen LogP contribution >= 0.6 is 15.9 Å². The Morgan fingerprint density at radius 3 is 2.76 bits per heavy atom. The number of halogens is 2. The molecule has 0 fully saturated rings. The summed E-state index contributed by atoms with van der Waals surface area (Å²) in [6.45, 7) is 1.48. The van der Waals surface area contributed by atoms with E-state index in [1.807, 2.05) is 0 Å². The van der Waals surface area contributed by atoms with Crippen LogP contribution in [0.15, 0.2) is 39.8 Å². The Bertz CT molecular complexity index is 783. The first-order valence-corrected chi connectivity index (χ1v) is 8.03. The number of benzene rings is 1. The van der Waals surface area contributed by atoms with E-state index < -0.39 is 15.8 Å². The monoisotopic (exact) mass is 374 g/mol. The Morgan fingerprint density at radius 2 is 2.10 bits per heavy atom. The number of aromatic nitrogens is 1. The van der Waals surface area contributed by atoms with E-state index in [1.54, 1.807) is 0 Å². The molecule has 9 heteroatoms. The molecule has 112 valence electrons. The van der Waals surface area contributed by atoms with Gasteiger partial charge >= 0.3 is 0 Å². The third-order valence-corrected chi connectivity index (χ3v) is 4.57. The number of sulfonamides is 1. The van der Waals surface area contributed by atoms with Crippen LogP contribution < -0.4 is 16.0 Å². The van der Waals surface area contributed by atoms with Crippen LogP contribution in [0.5, 0.6) is 0 Å². The summed E-state index contributed by atoms with van der Waals surface area (Å²) in [6.07, 6.45) is 1.40. The van der Waals surface area contributed by atoms with Crippen molar-refractivity contribution in [2.75, 3.05) is 10.1 Å². The van der Waals surface area contributed by atoms with Gasteiger partial charge in [-0.15, -0.1) is 0 Å². The fourth-order valence-corrected chi connectivity index (χ4v) is 3.40. The van der Waals surface area contributed by atoms with Gasteiger partial charge in [0.25, 0.3) is 10.0 Å². The summed E-state index contributed by atoms with van der Waals surface area (Å²) in [5.41, 5.74) is 2.57. The zero-order valence-corrected chi connectivity index (χ0v) is 13.3. The molecule has 0 unspecified atom stereocenters. The van der Waals surface area contributed by atoms with Crippen LogP contribution in [0.3, 0.4) is 0 Å². The van der Waals surface area contributed by atoms with Crippen LogP contribution in [-0.4, -0.2) is 13.4 Å². The number of rotatable bonds is 4. The van der Waals surface area contributed by atoms with E-state index in [2.05, 4.69) is 31.1 Å². The molecule has 0 aliphatic heterocycles. The second-order valence-corrected chi connectivity index (χ2v) is 6.73. The predicted molar refractivity (Wildman–Crippen MR) is 81.7 cm³/mol. The lowest BCUT2D eigenvalue weighted by Gasteiger charge is -2.13. The van der Waals surface area contributed by atoms with E-state index in [9.17, 15) is 12.8 Å². The SMILES string of the molecule is Cc1c(F)cccc1NS(=O)(=O)c1cc(Br)cnc1NN. The smallest absolute Gasteiger partial charge is 0.265 e. The van der Waals surface area contributed by atoms with Gasteiger partial charge in [-0.05, 0) is 41.1 Å². The van der Waals surface area contributed by atoms with E-state index in [-0.39, 0.29) is 22.0 Å². The molecule has 0 atom stereocenters. The number of hydrazine groups is 1. The third-order valence-electron chi connectivity index (χ3n) is 2.76. The average molecular weight is 375 g/mol. The maximum atomic E-state index is 13.5. The van der Waals surface area contributed by atoms with Gasteiger partial charge in [-0.25, -0.2) is 23.6 Å². The van der Waals surface area contributed by atoms with Gasteiger partial charge in [0.1, 0.15) is 10.7 Å². The molecule has 0 radical (unpaired) electrons.